The van der Waals surface area contributed by atoms with E-state index in [1.807, 2.05) is 0 Å². The SMILES string of the molecule is CCCCCCCCCCS(=O)(=O)[O-].CCCCCCCCCC[NH3+]. The van der Waals surface area contributed by atoms with Gasteiger partial charge in [-0.15, -0.1) is 0 Å². The Morgan fingerprint density at radius 3 is 1.24 bits per heavy atom. The third kappa shape index (κ3) is 32.1. The molecule has 3 N–H and O–H groups in total. The van der Waals surface area contributed by atoms with E-state index in [2.05, 4.69) is 19.6 Å². The lowest BCUT2D eigenvalue weighted by atomic mass is 10.1. The minimum atomic E-state index is -3.98. The van der Waals surface area contributed by atoms with Crippen LogP contribution < -0.4 is 5.73 Å². The molecule has 0 aliphatic carbocycles. The average molecular weight is 380 g/mol. The zero-order valence-electron chi connectivity index (χ0n) is 17.1. The monoisotopic (exact) mass is 379 g/mol. The molecule has 0 unspecified atom stereocenters. The molecule has 0 aliphatic heterocycles. The highest BCUT2D eigenvalue weighted by Gasteiger charge is 1.95. The maximum atomic E-state index is 10.2. The molecule has 0 saturated carbocycles. The molecule has 0 aromatic carbocycles. The Morgan fingerprint density at radius 1 is 0.600 bits per heavy atom. The maximum absolute atomic E-state index is 10.2. The molecule has 0 heterocycles. The Balaban J connectivity index is 0. The smallest absolute Gasteiger partial charge is 0.0945 e. The zero-order valence-corrected chi connectivity index (χ0v) is 17.9. The molecule has 0 saturated heterocycles. The summed E-state index contributed by atoms with van der Waals surface area (Å²) in [6.45, 7) is 5.57. The fraction of sp³-hybridized carbons (Fsp3) is 1.00. The van der Waals surface area contributed by atoms with E-state index >= 15 is 0 Å². The van der Waals surface area contributed by atoms with Crippen LogP contribution >= 0.6 is 0 Å². The van der Waals surface area contributed by atoms with E-state index in [1.54, 1.807) is 0 Å². The molecule has 25 heavy (non-hydrogen) atoms. The second-order valence-corrected chi connectivity index (χ2v) is 8.59. The Kier molecular flexibility index (Phi) is 23.7. The molecule has 0 aromatic heterocycles. The molecule has 0 amide bonds. The van der Waals surface area contributed by atoms with Crippen molar-refractivity contribution in [1.82, 2.24) is 0 Å². The van der Waals surface area contributed by atoms with Gasteiger partial charge in [0.25, 0.3) is 0 Å². The van der Waals surface area contributed by atoms with Gasteiger partial charge in [-0.05, 0) is 19.3 Å². The largest absolute Gasteiger partial charge is 0.748 e. The second kappa shape index (κ2) is 21.9. The Hall–Kier alpha value is -0.130. The summed E-state index contributed by atoms with van der Waals surface area (Å²) in [6.07, 6.45) is 19.9. The molecular weight excluding hydrogens is 334 g/mol. The lowest BCUT2D eigenvalue weighted by molar-refractivity contribution is -0.368. The average Bonchev–Trinajstić information content (AvgIpc) is 2.56. The quantitative estimate of drug-likeness (QED) is 0.284. The van der Waals surface area contributed by atoms with E-state index in [9.17, 15) is 13.0 Å². The maximum Gasteiger partial charge on any atom is 0.0945 e. The van der Waals surface area contributed by atoms with Crippen molar-refractivity contribution in [2.45, 2.75) is 117 Å². The third-order valence-corrected chi connectivity index (χ3v) is 5.14. The van der Waals surface area contributed by atoms with E-state index in [0.29, 0.717) is 6.42 Å². The molecular formula is C20H45NO3S. The van der Waals surface area contributed by atoms with Crippen LogP contribution in [-0.2, 0) is 10.1 Å². The van der Waals surface area contributed by atoms with Crippen LogP contribution in [-0.4, -0.2) is 25.3 Å². The topological polar surface area (TPSA) is 84.8 Å². The number of hydrogen-bond donors (Lipinski definition) is 1. The first-order chi connectivity index (χ1) is 12.0. The van der Waals surface area contributed by atoms with Crippen molar-refractivity contribution >= 4 is 10.1 Å². The number of unbranched alkanes of at least 4 members (excludes halogenated alkanes) is 14. The summed E-state index contributed by atoms with van der Waals surface area (Å²) >= 11 is 0. The van der Waals surface area contributed by atoms with E-state index < -0.39 is 10.1 Å². The van der Waals surface area contributed by atoms with Gasteiger partial charge in [0.15, 0.2) is 0 Å². The molecule has 154 valence electrons. The second-order valence-electron chi connectivity index (χ2n) is 7.07. The van der Waals surface area contributed by atoms with Gasteiger partial charge in [0, 0.05) is 5.75 Å². The van der Waals surface area contributed by atoms with Gasteiger partial charge in [-0.3, -0.25) is 0 Å². The van der Waals surface area contributed by atoms with Crippen LogP contribution in [0.2, 0.25) is 0 Å². The van der Waals surface area contributed by atoms with Gasteiger partial charge in [-0.25, -0.2) is 8.42 Å². The van der Waals surface area contributed by atoms with Crippen molar-refractivity contribution in [3.05, 3.63) is 0 Å². The lowest BCUT2D eigenvalue weighted by Crippen LogP contribution is -2.50. The summed E-state index contributed by atoms with van der Waals surface area (Å²) in [5.74, 6) is -0.193. The van der Waals surface area contributed by atoms with Crippen molar-refractivity contribution < 1.29 is 18.7 Å². The lowest BCUT2D eigenvalue weighted by Gasteiger charge is -2.05. The first-order valence-electron chi connectivity index (χ1n) is 10.7. The van der Waals surface area contributed by atoms with Gasteiger partial charge in [0.1, 0.15) is 0 Å². The number of rotatable bonds is 17. The summed E-state index contributed by atoms with van der Waals surface area (Å²) in [4.78, 5) is 0. The molecule has 0 aromatic rings. The summed E-state index contributed by atoms with van der Waals surface area (Å²) in [7, 11) is -3.98. The number of hydrogen-bond acceptors (Lipinski definition) is 3. The van der Waals surface area contributed by atoms with Crippen LogP contribution in [0.4, 0.5) is 0 Å². The molecule has 0 bridgehead atoms. The van der Waals surface area contributed by atoms with E-state index in [1.165, 1.54) is 83.5 Å². The van der Waals surface area contributed by atoms with Gasteiger partial charge in [0.2, 0.25) is 0 Å². The van der Waals surface area contributed by atoms with E-state index in [0.717, 1.165) is 19.4 Å². The van der Waals surface area contributed by atoms with Crippen LogP contribution in [0.5, 0.6) is 0 Å². The highest BCUT2D eigenvalue weighted by atomic mass is 32.2. The van der Waals surface area contributed by atoms with Gasteiger partial charge in [-0.1, -0.05) is 97.3 Å². The van der Waals surface area contributed by atoms with Crippen molar-refractivity contribution in [3.8, 4) is 0 Å². The molecule has 4 nitrogen and oxygen atoms in total. The molecule has 0 spiro atoms. The normalized spacial score (nSPS) is 11.2. The van der Waals surface area contributed by atoms with Crippen LogP contribution in [0.25, 0.3) is 0 Å². The highest BCUT2D eigenvalue weighted by molar-refractivity contribution is 7.85. The minimum absolute atomic E-state index is 0.193. The van der Waals surface area contributed by atoms with Crippen molar-refractivity contribution in [1.29, 1.82) is 0 Å². The minimum Gasteiger partial charge on any atom is -0.748 e. The number of quaternary nitrogens is 1. The fourth-order valence-electron chi connectivity index (χ4n) is 2.72. The summed E-state index contributed by atoms with van der Waals surface area (Å²) in [5.41, 5.74) is 3.83. The van der Waals surface area contributed by atoms with Crippen LogP contribution in [0.3, 0.4) is 0 Å². The molecule has 0 fully saturated rings. The third-order valence-electron chi connectivity index (χ3n) is 4.35. The Bertz CT molecular complexity index is 324. The van der Waals surface area contributed by atoms with Crippen LogP contribution in [0, 0.1) is 0 Å². The van der Waals surface area contributed by atoms with Crippen molar-refractivity contribution in [2.75, 3.05) is 12.3 Å². The van der Waals surface area contributed by atoms with Gasteiger partial charge < -0.3 is 10.3 Å². The van der Waals surface area contributed by atoms with Crippen molar-refractivity contribution in [2.24, 2.45) is 0 Å². The van der Waals surface area contributed by atoms with Gasteiger partial charge in [0.05, 0.1) is 16.7 Å². The Morgan fingerprint density at radius 2 is 0.920 bits per heavy atom. The fourth-order valence-corrected chi connectivity index (χ4v) is 3.28. The molecule has 5 heteroatoms. The first kappa shape index (κ1) is 27.1. The van der Waals surface area contributed by atoms with Crippen molar-refractivity contribution in [3.63, 3.8) is 0 Å². The van der Waals surface area contributed by atoms with Crippen LogP contribution in [0.15, 0.2) is 0 Å². The highest BCUT2D eigenvalue weighted by Crippen LogP contribution is 2.09. The standard InChI is InChI=1S/C10H23N.C10H22O3S/c1-2-3-4-5-6-7-8-9-10-11;1-2-3-4-5-6-7-8-9-10-14(11,12)13/h2-11H2,1H3;2-10H2,1H3,(H,11,12,13). The van der Waals surface area contributed by atoms with Gasteiger partial charge in [-0.2, -0.15) is 0 Å². The van der Waals surface area contributed by atoms with Crippen LogP contribution in [0.1, 0.15) is 117 Å². The first-order valence-corrected chi connectivity index (χ1v) is 12.3. The summed E-state index contributed by atoms with van der Waals surface area (Å²) in [6, 6.07) is 0. The molecule has 0 atom stereocenters. The van der Waals surface area contributed by atoms with Gasteiger partial charge >= 0.3 is 0 Å². The van der Waals surface area contributed by atoms with E-state index in [-0.39, 0.29) is 5.75 Å². The Labute approximate surface area is 158 Å². The summed E-state index contributed by atoms with van der Waals surface area (Å²) < 4.78 is 30.7. The molecule has 0 rings (SSSR count). The summed E-state index contributed by atoms with van der Waals surface area (Å²) in [5, 5.41) is 0. The predicted octanol–water partition coefficient (Wildman–Crippen LogP) is 5.04. The van der Waals surface area contributed by atoms with E-state index in [4.69, 9.17) is 0 Å². The molecule has 0 radical (unpaired) electrons. The predicted molar refractivity (Wildman–Crippen MR) is 108 cm³/mol. The zero-order chi connectivity index (χ0) is 19.2. The molecule has 0 aliphatic rings.